The molecule has 2 N–H and O–H groups in total. The number of amides is 2. The Bertz CT molecular complexity index is 766. The fraction of sp³-hybridized carbons (Fsp3) is 0.263. The summed E-state index contributed by atoms with van der Waals surface area (Å²) in [4.78, 5) is 24.3. The van der Waals surface area contributed by atoms with E-state index in [9.17, 15) is 9.59 Å². The van der Waals surface area contributed by atoms with Crippen molar-refractivity contribution < 1.29 is 14.3 Å². The molecular weight excluding hydrogens is 340 g/mol. The number of rotatable bonds is 4. The fourth-order valence-electron chi connectivity index (χ4n) is 2.93. The van der Waals surface area contributed by atoms with E-state index in [2.05, 4.69) is 10.6 Å². The molecule has 0 radical (unpaired) electrons. The summed E-state index contributed by atoms with van der Waals surface area (Å²) in [5, 5.41) is 6.25. The van der Waals surface area contributed by atoms with Crippen LogP contribution in [0.15, 0.2) is 54.6 Å². The minimum Gasteiger partial charge on any atom is -0.445 e. The number of halogens is 1. The Kier molecular flexibility index (Phi) is 5.24. The molecule has 0 bridgehead atoms. The van der Waals surface area contributed by atoms with Crippen LogP contribution in [0.2, 0.25) is 5.02 Å². The van der Waals surface area contributed by atoms with Crippen LogP contribution in [0.4, 0.5) is 4.79 Å². The zero-order chi connectivity index (χ0) is 17.8. The smallest absolute Gasteiger partial charge is 0.407 e. The monoisotopic (exact) mass is 358 g/mol. The molecule has 2 aromatic rings. The zero-order valence-corrected chi connectivity index (χ0v) is 14.5. The van der Waals surface area contributed by atoms with Crippen LogP contribution in [-0.4, -0.2) is 18.0 Å². The van der Waals surface area contributed by atoms with Crippen molar-refractivity contribution in [3.05, 3.63) is 70.7 Å². The summed E-state index contributed by atoms with van der Waals surface area (Å²) in [6, 6.07) is 15.9. The van der Waals surface area contributed by atoms with E-state index < -0.39 is 12.1 Å². The minimum atomic E-state index is -0.561. The molecule has 2 amide bonds. The quantitative estimate of drug-likeness (QED) is 0.879. The van der Waals surface area contributed by atoms with Gasteiger partial charge in [-0.05, 0) is 17.2 Å². The normalized spacial score (nSPS) is 22.3. The number of carbonyl (C=O) groups is 2. The van der Waals surface area contributed by atoms with E-state index in [1.54, 1.807) is 13.0 Å². The van der Waals surface area contributed by atoms with E-state index >= 15 is 0 Å². The Labute approximate surface area is 151 Å². The first kappa shape index (κ1) is 17.3. The second kappa shape index (κ2) is 7.57. The molecule has 1 fully saturated rings. The third-order valence-corrected chi connectivity index (χ3v) is 4.69. The summed E-state index contributed by atoms with van der Waals surface area (Å²) in [6.45, 7) is 1.94. The van der Waals surface area contributed by atoms with Crippen molar-refractivity contribution in [3.8, 4) is 0 Å². The summed E-state index contributed by atoms with van der Waals surface area (Å²) in [6.07, 6.45) is -0.561. The minimum absolute atomic E-state index is 0.127. The first-order chi connectivity index (χ1) is 12.1. The largest absolute Gasteiger partial charge is 0.445 e. The van der Waals surface area contributed by atoms with Gasteiger partial charge >= 0.3 is 6.09 Å². The summed E-state index contributed by atoms with van der Waals surface area (Å²) < 4.78 is 5.27. The molecule has 0 unspecified atom stereocenters. The highest BCUT2D eigenvalue weighted by Gasteiger charge is 2.42. The lowest BCUT2D eigenvalue weighted by Crippen LogP contribution is -2.41. The lowest BCUT2D eigenvalue weighted by molar-refractivity contribution is -0.122. The average Bonchev–Trinajstić information content (AvgIpc) is 2.89. The molecule has 3 atom stereocenters. The second-order valence-corrected chi connectivity index (χ2v) is 6.44. The summed E-state index contributed by atoms with van der Waals surface area (Å²) in [5.74, 6) is -0.510. The molecule has 130 valence electrons. The van der Waals surface area contributed by atoms with Gasteiger partial charge < -0.3 is 15.4 Å². The molecule has 1 aliphatic heterocycles. The molecule has 1 saturated heterocycles. The van der Waals surface area contributed by atoms with Crippen molar-refractivity contribution in [3.63, 3.8) is 0 Å². The van der Waals surface area contributed by atoms with Gasteiger partial charge in [-0.1, -0.05) is 67.1 Å². The molecule has 1 heterocycles. The van der Waals surface area contributed by atoms with Gasteiger partial charge in [-0.2, -0.15) is 0 Å². The maximum atomic E-state index is 12.2. The number of hydrogen-bond acceptors (Lipinski definition) is 3. The average molecular weight is 359 g/mol. The van der Waals surface area contributed by atoms with E-state index in [-0.39, 0.29) is 24.5 Å². The van der Waals surface area contributed by atoms with Crippen LogP contribution in [0.5, 0.6) is 0 Å². The van der Waals surface area contributed by atoms with Crippen molar-refractivity contribution >= 4 is 23.6 Å². The van der Waals surface area contributed by atoms with Gasteiger partial charge in [0.1, 0.15) is 6.61 Å². The molecule has 2 aromatic carbocycles. The molecule has 1 aliphatic rings. The van der Waals surface area contributed by atoms with Crippen molar-refractivity contribution in [2.75, 3.05) is 0 Å². The Morgan fingerprint density at radius 1 is 1.16 bits per heavy atom. The van der Waals surface area contributed by atoms with E-state index in [0.29, 0.717) is 5.02 Å². The van der Waals surface area contributed by atoms with Crippen molar-refractivity contribution in [1.29, 1.82) is 0 Å². The van der Waals surface area contributed by atoms with Crippen LogP contribution in [0, 0.1) is 5.92 Å². The SMILES string of the molecule is C[C@@H]1C(=O)N[C@H](c2ccccc2Cl)[C@H]1NC(=O)OCc1ccccc1. The van der Waals surface area contributed by atoms with Crippen molar-refractivity contribution in [2.24, 2.45) is 5.92 Å². The Balaban J connectivity index is 1.69. The predicted molar refractivity (Wildman–Crippen MR) is 95.1 cm³/mol. The van der Waals surface area contributed by atoms with Gasteiger partial charge in [-0.15, -0.1) is 0 Å². The van der Waals surface area contributed by atoms with Crippen LogP contribution in [-0.2, 0) is 16.1 Å². The summed E-state index contributed by atoms with van der Waals surface area (Å²) in [5.41, 5.74) is 1.67. The number of benzene rings is 2. The standard InChI is InChI=1S/C19H19ClN2O3/c1-12-16(22-19(24)25-11-13-7-3-2-4-8-13)17(21-18(12)23)14-9-5-6-10-15(14)20/h2-10,12,16-17H,11H2,1H3,(H,21,23)(H,22,24)/t12-,16-,17+/m0/s1. The van der Waals surface area contributed by atoms with Crippen molar-refractivity contribution in [1.82, 2.24) is 10.6 Å². The van der Waals surface area contributed by atoms with Gasteiger partial charge in [-0.25, -0.2) is 4.79 Å². The third-order valence-electron chi connectivity index (χ3n) is 4.35. The van der Waals surface area contributed by atoms with E-state index in [1.807, 2.05) is 48.5 Å². The van der Waals surface area contributed by atoms with Crippen LogP contribution in [0.3, 0.4) is 0 Å². The maximum absolute atomic E-state index is 12.2. The molecule has 25 heavy (non-hydrogen) atoms. The lowest BCUT2D eigenvalue weighted by Gasteiger charge is -2.23. The number of carbonyl (C=O) groups excluding carboxylic acids is 2. The predicted octanol–water partition coefficient (Wildman–Crippen LogP) is 3.44. The molecular formula is C19H19ClN2O3. The van der Waals surface area contributed by atoms with Gasteiger partial charge in [-0.3, -0.25) is 4.79 Å². The van der Waals surface area contributed by atoms with Gasteiger partial charge in [0.15, 0.2) is 0 Å². The first-order valence-corrected chi connectivity index (χ1v) is 8.46. The van der Waals surface area contributed by atoms with Crippen molar-refractivity contribution in [2.45, 2.75) is 25.6 Å². The molecule has 0 saturated carbocycles. The highest BCUT2D eigenvalue weighted by Crippen LogP contribution is 2.32. The van der Waals surface area contributed by atoms with E-state index in [0.717, 1.165) is 11.1 Å². The number of nitrogens with one attached hydrogen (secondary N) is 2. The summed E-state index contributed by atoms with van der Waals surface area (Å²) >= 11 is 6.25. The maximum Gasteiger partial charge on any atom is 0.407 e. The number of alkyl carbamates (subject to hydrolysis) is 1. The third kappa shape index (κ3) is 3.94. The second-order valence-electron chi connectivity index (χ2n) is 6.03. The molecule has 0 aliphatic carbocycles. The Morgan fingerprint density at radius 3 is 2.56 bits per heavy atom. The van der Waals surface area contributed by atoms with Crippen LogP contribution < -0.4 is 10.6 Å². The first-order valence-electron chi connectivity index (χ1n) is 8.08. The summed E-state index contributed by atoms with van der Waals surface area (Å²) in [7, 11) is 0. The van der Waals surface area contributed by atoms with Gasteiger partial charge in [0.25, 0.3) is 0 Å². The fourth-order valence-corrected chi connectivity index (χ4v) is 3.19. The van der Waals surface area contributed by atoms with Crippen LogP contribution in [0.25, 0.3) is 0 Å². The molecule has 0 spiro atoms. The lowest BCUT2D eigenvalue weighted by atomic mass is 9.95. The topological polar surface area (TPSA) is 67.4 Å². The highest BCUT2D eigenvalue weighted by molar-refractivity contribution is 6.31. The highest BCUT2D eigenvalue weighted by atomic mass is 35.5. The molecule has 6 heteroatoms. The molecule has 0 aromatic heterocycles. The van der Waals surface area contributed by atoms with Gasteiger partial charge in [0.2, 0.25) is 5.91 Å². The molecule has 3 rings (SSSR count). The van der Waals surface area contributed by atoms with E-state index in [1.165, 1.54) is 0 Å². The van der Waals surface area contributed by atoms with E-state index in [4.69, 9.17) is 16.3 Å². The Hall–Kier alpha value is -2.53. The van der Waals surface area contributed by atoms with Crippen LogP contribution in [0.1, 0.15) is 24.1 Å². The van der Waals surface area contributed by atoms with Crippen LogP contribution >= 0.6 is 11.6 Å². The number of hydrogen-bond donors (Lipinski definition) is 2. The molecule has 5 nitrogen and oxygen atoms in total. The zero-order valence-electron chi connectivity index (χ0n) is 13.7. The number of ether oxygens (including phenoxy) is 1. The Morgan fingerprint density at radius 2 is 1.84 bits per heavy atom. The van der Waals surface area contributed by atoms with Gasteiger partial charge in [0.05, 0.1) is 18.0 Å². The van der Waals surface area contributed by atoms with Gasteiger partial charge in [0, 0.05) is 5.02 Å².